The quantitative estimate of drug-likeness (QED) is 0.570. The molecular weight excluding hydrogens is 283 g/mol. The summed E-state index contributed by atoms with van der Waals surface area (Å²) in [6, 6.07) is 0. The van der Waals surface area contributed by atoms with Gasteiger partial charge in [-0.3, -0.25) is 9.59 Å². The van der Waals surface area contributed by atoms with Crippen molar-refractivity contribution in [2.45, 2.75) is 45.7 Å². The van der Waals surface area contributed by atoms with E-state index < -0.39 is 31.5 Å². The average molecular weight is 306 g/mol. The van der Waals surface area contributed by atoms with Gasteiger partial charge >= 0.3 is 11.9 Å². The topological polar surface area (TPSA) is 78.9 Å². The standard InChI is InChI=1S/C13H23O6P/c1-8-11(6-7-20(4,5)16)19-13(18-10(3)15)12(8)17-9(2)14/h8,11-13H,6-7H2,1-5H3/t8-,11-,12-,13?/m1/s1. The summed E-state index contributed by atoms with van der Waals surface area (Å²) in [5.41, 5.74) is 0. The molecule has 1 unspecified atom stereocenters. The molecule has 0 bridgehead atoms. The first-order chi connectivity index (χ1) is 9.10. The lowest BCUT2D eigenvalue weighted by atomic mass is 9.99. The van der Waals surface area contributed by atoms with Gasteiger partial charge in [0.05, 0.1) is 13.2 Å². The minimum atomic E-state index is -2.13. The van der Waals surface area contributed by atoms with Crippen LogP contribution in [0.2, 0.25) is 0 Å². The molecule has 0 radical (unpaired) electrons. The van der Waals surface area contributed by atoms with E-state index in [0.717, 1.165) is 0 Å². The molecule has 1 heterocycles. The molecule has 0 spiro atoms. The minimum Gasteiger partial charge on any atom is -0.455 e. The second kappa shape index (κ2) is 6.72. The van der Waals surface area contributed by atoms with Gasteiger partial charge in [-0.15, -0.1) is 0 Å². The number of esters is 2. The summed E-state index contributed by atoms with van der Waals surface area (Å²) < 4.78 is 27.7. The smallest absolute Gasteiger partial charge is 0.305 e. The van der Waals surface area contributed by atoms with Gasteiger partial charge in [-0.05, 0) is 19.8 Å². The number of hydrogen-bond acceptors (Lipinski definition) is 6. The van der Waals surface area contributed by atoms with Crippen LogP contribution in [0.25, 0.3) is 0 Å². The zero-order chi connectivity index (χ0) is 15.5. The molecule has 0 aromatic rings. The van der Waals surface area contributed by atoms with Crippen molar-refractivity contribution in [2.75, 3.05) is 19.5 Å². The predicted octanol–water partition coefficient (Wildman–Crippen LogP) is 1.85. The molecule has 1 rings (SSSR count). The first kappa shape index (κ1) is 17.2. The molecule has 1 aliphatic heterocycles. The molecule has 4 atom stereocenters. The third kappa shape index (κ3) is 5.25. The lowest BCUT2D eigenvalue weighted by molar-refractivity contribution is -0.194. The molecule has 7 heteroatoms. The molecule has 1 saturated heterocycles. The minimum absolute atomic E-state index is 0.116. The fourth-order valence-electron chi connectivity index (χ4n) is 2.22. The molecule has 116 valence electrons. The van der Waals surface area contributed by atoms with Crippen LogP contribution in [-0.2, 0) is 28.4 Å². The van der Waals surface area contributed by atoms with Crippen molar-refractivity contribution >= 4 is 19.1 Å². The van der Waals surface area contributed by atoms with Gasteiger partial charge < -0.3 is 18.8 Å². The summed E-state index contributed by atoms with van der Waals surface area (Å²) in [5, 5.41) is 0. The third-order valence-corrected chi connectivity index (χ3v) is 4.55. The van der Waals surface area contributed by atoms with E-state index in [1.807, 2.05) is 6.92 Å². The maximum Gasteiger partial charge on any atom is 0.305 e. The van der Waals surface area contributed by atoms with E-state index in [0.29, 0.717) is 12.6 Å². The number of carbonyl (C=O) groups excluding carboxylic acids is 2. The van der Waals surface area contributed by atoms with Crippen LogP contribution in [0.5, 0.6) is 0 Å². The van der Waals surface area contributed by atoms with Gasteiger partial charge in [0, 0.05) is 25.9 Å². The Balaban J connectivity index is 2.73. The van der Waals surface area contributed by atoms with Crippen molar-refractivity contribution in [3.63, 3.8) is 0 Å². The van der Waals surface area contributed by atoms with Crippen LogP contribution in [0.1, 0.15) is 27.2 Å². The second-order valence-electron chi connectivity index (χ2n) is 5.67. The zero-order valence-corrected chi connectivity index (χ0v) is 13.5. The van der Waals surface area contributed by atoms with E-state index in [4.69, 9.17) is 14.2 Å². The van der Waals surface area contributed by atoms with E-state index in [2.05, 4.69) is 0 Å². The maximum atomic E-state index is 11.8. The number of carbonyl (C=O) groups is 2. The highest BCUT2D eigenvalue weighted by Gasteiger charge is 2.46. The van der Waals surface area contributed by atoms with Gasteiger partial charge in [0.25, 0.3) is 0 Å². The summed E-state index contributed by atoms with van der Waals surface area (Å²) in [6.07, 6.45) is -0.612. The fourth-order valence-corrected chi connectivity index (χ4v) is 3.09. The van der Waals surface area contributed by atoms with Crippen LogP contribution in [-0.4, -0.2) is 49.9 Å². The van der Waals surface area contributed by atoms with Gasteiger partial charge in [-0.25, -0.2) is 0 Å². The van der Waals surface area contributed by atoms with Crippen LogP contribution >= 0.6 is 7.14 Å². The number of rotatable bonds is 5. The van der Waals surface area contributed by atoms with Crippen LogP contribution in [0.4, 0.5) is 0 Å². The molecule has 0 saturated carbocycles. The Bertz CT molecular complexity index is 415. The van der Waals surface area contributed by atoms with Crippen molar-refractivity contribution in [1.29, 1.82) is 0 Å². The monoisotopic (exact) mass is 306 g/mol. The molecule has 1 fully saturated rings. The Kier molecular flexibility index (Phi) is 5.78. The van der Waals surface area contributed by atoms with Gasteiger partial charge in [0.2, 0.25) is 6.29 Å². The van der Waals surface area contributed by atoms with E-state index in [9.17, 15) is 14.2 Å². The van der Waals surface area contributed by atoms with Crippen molar-refractivity contribution in [2.24, 2.45) is 5.92 Å². The Hall–Kier alpha value is -0.870. The van der Waals surface area contributed by atoms with Crippen LogP contribution in [0.15, 0.2) is 0 Å². The van der Waals surface area contributed by atoms with Crippen molar-refractivity contribution in [3.8, 4) is 0 Å². The maximum absolute atomic E-state index is 11.8. The highest BCUT2D eigenvalue weighted by molar-refractivity contribution is 7.62. The van der Waals surface area contributed by atoms with Gasteiger partial charge in [0.1, 0.15) is 0 Å². The number of hydrogen-bond donors (Lipinski definition) is 0. The lowest BCUT2D eigenvalue weighted by Crippen LogP contribution is -2.33. The normalized spacial score (nSPS) is 30.1. The summed E-state index contributed by atoms with van der Waals surface area (Å²) in [6.45, 7) is 7.90. The average Bonchev–Trinajstić information content (AvgIpc) is 2.52. The molecule has 0 N–H and O–H groups in total. The summed E-state index contributed by atoms with van der Waals surface area (Å²) in [7, 11) is -2.13. The van der Waals surface area contributed by atoms with Gasteiger partial charge in [-0.2, -0.15) is 0 Å². The highest BCUT2D eigenvalue weighted by Crippen LogP contribution is 2.40. The molecule has 0 aromatic heterocycles. The summed E-state index contributed by atoms with van der Waals surface area (Å²) >= 11 is 0. The number of ether oxygens (including phenoxy) is 3. The van der Waals surface area contributed by atoms with Gasteiger partial charge in [0.15, 0.2) is 6.10 Å². The molecule has 0 amide bonds. The first-order valence-electron chi connectivity index (χ1n) is 6.64. The van der Waals surface area contributed by atoms with E-state index in [1.54, 1.807) is 13.3 Å². The SMILES string of the molecule is CC(=O)OC1O[C@H](CCP(C)(C)=O)[C@@H](C)[C@H]1OC(C)=O. The first-order valence-corrected chi connectivity index (χ1v) is 9.42. The van der Waals surface area contributed by atoms with Crippen molar-refractivity contribution in [3.05, 3.63) is 0 Å². The molecular formula is C13H23O6P. The third-order valence-electron chi connectivity index (χ3n) is 3.22. The van der Waals surface area contributed by atoms with Crippen molar-refractivity contribution < 1.29 is 28.4 Å². The Morgan fingerprint density at radius 1 is 1.15 bits per heavy atom. The Labute approximate surface area is 119 Å². The fraction of sp³-hybridized carbons (Fsp3) is 0.846. The van der Waals surface area contributed by atoms with Crippen LogP contribution < -0.4 is 0 Å². The second-order valence-corrected chi connectivity index (χ2v) is 9.27. The molecule has 0 aliphatic carbocycles. The zero-order valence-electron chi connectivity index (χ0n) is 12.6. The molecule has 6 nitrogen and oxygen atoms in total. The summed E-state index contributed by atoms with van der Waals surface area (Å²) in [4.78, 5) is 22.2. The van der Waals surface area contributed by atoms with Crippen LogP contribution in [0, 0.1) is 5.92 Å². The molecule has 0 aromatic carbocycles. The van der Waals surface area contributed by atoms with E-state index >= 15 is 0 Å². The Morgan fingerprint density at radius 2 is 1.70 bits per heavy atom. The van der Waals surface area contributed by atoms with Crippen molar-refractivity contribution in [1.82, 2.24) is 0 Å². The summed E-state index contributed by atoms with van der Waals surface area (Å²) in [5.74, 6) is -1.05. The van der Waals surface area contributed by atoms with Gasteiger partial charge in [-0.1, -0.05) is 6.92 Å². The van der Waals surface area contributed by atoms with E-state index in [1.165, 1.54) is 13.8 Å². The Morgan fingerprint density at radius 3 is 2.15 bits per heavy atom. The largest absolute Gasteiger partial charge is 0.455 e. The van der Waals surface area contributed by atoms with E-state index in [-0.39, 0.29) is 12.0 Å². The predicted molar refractivity (Wildman–Crippen MR) is 74.1 cm³/mol. The highest BCUT2D eigenvalue weighted by atomic mass is 31.2. The molecule has 1 aliphatic rings. The molecule has 20 heavy (non-hydrogen) atoms. The van der Waals surface area contributed by atoms with Crippen LogP contribution in [0.3, 0.4) is 0 Å². The lowest BCUT2D eigenvalue weighted by Gasteiger charge is -2.20.